The van der Waals surface area contributed by atoms with Crippen LogP contribution in [0.25, 0.3) is 0 Å². The van der Waals surface area contributed by atoms with Gasteiger partial charge < -0.3 is 10.6 Å². The van der Waals surface area contributed by atoms with Gasteiger partial charge in [-0.25, -0.2) is 0 Å². The summed E-state index contributed by atoms with van der Waals surface area (Å²) < 4.78 is 1.05. The number of rotatable bonds is 6. The minimum absolute atomic E-state index is 0.00421. The van der Waals surface area contributed by atoms with Crippen LogP contribution in [0, 0.1) is 0 Å². The highest BCUT2D eigenvalue weighted by Gasteiger charge is 2.18. The summed E-state index contributed by atoms with van der Waals surface area (Å²) in [5.74, 6) is -0.00421. The Kier molecular flexibility index (Phi) is 5.96. The Morgan fingerprint density at radius 3 is 2.71 bits per heavy atom. The van der Waals surface area contributed by atoms with E-state index in [0.29, 0.717) is 13.0 Å². The second-order valence-electron chi connectivity index (χ2n) is 5.06. The second kappa shape index (κ2) is 7.73. The summed E-state index contributed by atoms with van der Waals surface area (Å²) >= 11 is 5.06. The molecule has 112 valence electrons. The molecular weight excluding hydrogens is 348 g/mol. The van der Waals surface area contributed by atoms with Crippen molar-refractivity contribution in [3.63, 3.8) is 0 Å². The highest BCUT2D eigenvalue weighted by molar-refractivity contribution is 9.10. The number of amides is 1. The van der Waals surface area contributed by atoms with E-state index in [-0.39, 0.29) is 5.91 Å². The Balaban J connectivity index is 1.83. The molecule has 2 rings (SSSR count). The Hall–Kier alpha value is -1.17. The maximum Gasteiger partial charge on any atom is 0.239 e. The van der Waals surface area contributed by atoms with E-state index in [2.05, 4.69) is 28.1 Å². The van der Waals surface area contributed by atoms with E-state index in [9.17, 15) is 4.79 Å². The molecule has 1 heterocycles. The number of aryl methyl sites for hydroxylation is 1. The van der Waals surface area contributed by atoms with Crippen molar-refractivity contribution in [1.82, 2.24) is 4.90 Å². The van der Waals surface area contributed by atoms with Gasteiger partial charge in [0.05, 0.1) is 12.6 Å². The highest BCUT2D eigenvalue weighted by atomic mass is 79.9. The third-order valence-corrected chi connectivity index (χ3v) is 4.98. The lowest BCUT2D eigenvalue weighted by Gasteiger charge is -2.20. The molecule has 1 amide bonds. The summed E-state index contributed by atoms with van der Waals surface area (Å²) in [6, 6.07) is 11.7. The molecule has 0 radical (unpaired) electrons. The number of thiophene rings is 1. The number of hydrogen-bond acceptors (Lipinski definition) is 3. The fourth-order valence-electron chi connectivity index (χ4n) is 2.12. The number of hydrogen-bond donors (Lipinski definition) is 1. The lowest BCUT2D eigenvalue weighted by molar-refractivity contribution is -0.131. The Bertz CT molecular complexity index is 585. The first-order chi connectivity index (χ1) is 10.1. The number of carbonyl (C=O) groups is 1. The normalized spacial score (nSPS) is 12.1. The minimum atomic E-state index is -0.446. The monoisotopic (exact) mass is 366 g/mol. The molecular formula is C16H19BrN2OS. The average Bonchev–Trinajstić information content (AvgIpc) is 2.90. The van der Waals surface area contributed by atoms with Crippen LogP contribution in [-0.4, -0.2) is 23.9 Å². The van der Waals surface area contributed by atoms with E-state index in [1.807, 2.05) is 29.6 Å². The SMILES string of the molecule is CN(Cc1cc(Br)cs1)C(=O)[C@@H](N)CCc1ccccc1. The van der Waals surface area contributed by atoms with Gasteiger partial charge in [0.1, 0.15) is 0 Å². The standard InChI is InChI=1S/C16H19BrN2OS/c1-19(10-14-9-13(17)11-21-14)16(20)15(18)8-7-12-5-3-2-4-6-12/h2-6,9,11,15H,7-8,10,18H2,1H3/t15-/m0/s1. The number of nitrogens with zero attached hydrogens (tertiary/aromatic N) is 1. The minimum Gasteiger partial charge on any atom is -0.339 e. The molecule has 0 saturated carbocycles. The first-order valence-electron chi connectivity index (χ1n) is 6.83. The lowest BCUT2D eigenvalue weighted by atomic mass is 10.1. The van der Waals surface area contributed by atoms with Crippen LogP contribution < -0.4 is 5.73 Å². The number of likely N-dealkylation sites (N-methyl/N-ethyl adjacent to an activating group) is 1. The van der Waals surface area contributed by atoms with Crippen LogP contribution in [0.4, 0.5) is 0 Å². The van der Waals surface area contributed by atoms with E-state index < -0.39 is 6.04 Å². The Labute approximate surface area is 137 Å². The topological polar surface area (TPSA) is 46.3 Å². The largest absolute Gasteiger partial charge is 0.339 e. The van der Waals surface area contributed by atoms with Crippen LogP contribution in [-0.2, 0) is 17.8 Å². The van der Waals surface area contributed by atoms with Crippen LogP contribution >= 0.6 is 27.3 Å². The molecule has 0 aliphatic rings. The van der Waals surface area contributed by atoms with Crippen molar-refractivity contribution < 1.29 is 4.79 Å². The van der Waals surface area contributed by atoms with Gasteiger partial charge in [-0.3, -0.25) is 4.79 Å². The smallest absolute Gasteiger partial charge is 0.239 e. The van der Waals surface area contributed by atoms with Gasteiger partial charge >= 0.3 is 0 Å². The van der Waals surface area contributed by atoms with E-state index >= 15 is 0 Å². The third-order valence-electron chi connectivity index (χ3n) is 3.30. The van der Waals surface area contributed by atoms with Gasteiger partial charge in [-0.2, -0.15) is 0 Å². The van der Waals surface area contributed by atoms with E-state index in [4.69, 9.17) is 5.73 Å². The van der Waals surface area contributed by atoms with Crippen LogP contribution in [0.1, 0.15) is 16.9 Å². The van der Waals surface area contributed by atoms with Crippen molar-refractivity contribution in [1.29, 1.82) is 0 Å². The predicted molar refractivity (Wildman–Crippen MR) is 91.2 cm³/mol. The number of benzene rings is 1. The number of halogens is 1. The first kappa shape index (κ1) is 16.2. The van der Waals surface area contributed by atoms with Gasteiger partial charge in [-0.1, -0.05) is 30.3 Å². The zero-order chi connectivity index (χ0) is 15.2. The van der Waals surface area contributed by atoms with Crippen molar-refractivity contribution in [2.75, 3.05) is 7.05 Å². The molecule has 5 heteroatoms. The molecule has 0 saturated heterocycles. The summed E-state index contributed by atoms with van der Waals surface area (Å²) in [5, 5.41) is 2.02. The molecule has 0 unspecified atom stereocenters. The van der Waals surface area contributed by atoms with Crippen molar-refractivity contribution in [3.8, 4) is 0 Å². The first-order valence-corrected chi connectivity index (χ1v) is 8.51. The maximum atomic E-state index is 12.3. The second-order valence-corrected chi connectivity index (χ2v) is 6.97. The van der Waals surface area contributed by atoms with E-state index in [1.54, 1.807) is 23.3 Å². The molecule has 3 nitrogen and oxygen atoms in total. The Morgan fingerprint density at radius 2 is 2.10 bits per heavy atom. The van der Waals surface area contributed by atoms with Gasteiger partial charge in [0, 0.05) is 21.8 Å². The number of carbonyl (C=O) groups excluding carboxylic acids is 1. The molecule has 1 aromatic carbocycles. The maximum absolute atomic E-state index is 12.3. The Morgan fingerprint density at radius 1 is 1.38 bits per heavy atom. The van der Waals surface area contributed by atoms with Crippen molar-refractivity contribution in [2.24, 2.45) is 5.73 Å². The molecule has 0 fully saturated rings. The third kappa shape index (κ3) is 4.95. The van der Waals surface area contributed by atoms with Gasteiger partial charge in [0.15, 0.2) is 0 Å². The number of nitrogens with two attached hydrogens (primary N) is 1. The lowest BCUT2D eigenvalue weighted by Crippen LogP contribution is -2.41. The van der Waals surface area contributed by atoms with Crippen molar-refractivity contribution in [2.45, 2.75) is 25.4 Å². The predicted octanol–water partition coefficient (Wildman–Crippen LogP) is 3.43. The van der Waals surface area contributed by atoms with Gasteiger partial charge in [-0.05, 0) is 40.4 Å². The van der Waals surface area contributed by atoms with E-state index in [1.165, 1.54) is 5.56 Å². The fourth-order valence-corrected chi connectivity index (χ4v) is 3.63. The molecule has 0 bridgehead atoms. The zero-order valence-corrected chi connectivity index (χ0v) is 14.4. The average molecular weight is 367 g/mol. The van der Waals surface area contributed by atoms with Gasteiger partial charge in [0.25, 0.3) is 0 Å². The zero-order valence-electron chi connectivity index (χ0n) is 12.0. The summed E-state index contributed by atoms with van der Waals surface area (Å²) in [4.78, 5) is 15.1. The highest BCUT2D eigenvalue weighted by Crippen LogP contribution is 2.21. The molecule has 2 N–H and O–H groups in total. The molecule has 1 atom stereocenters. The van der Waals surface area contributed by atoms with Crippen molar-refractivity contribution in [3.05, 3.63) is 56.7 Å². The summed E-state index contributed by atoms with van der Waals surface area (Å²) in [5.41, 5.74) is 7.24. The summed E-state index contributed by atoms with van der Waals surface area (Å²) in [6.45, 7) is 0.605. The quantitative estimate of drug-likeness (QED) is 0.850. The molecule has 0 aliphatic carbocycles. The summed E-state index contributed by atoms with van der Waals surface area (Å²) in [7, 11) is 1.80. The molecule has 0 aliphatic heterocycles. The van der Waals surface area contributed by atoms with Gasteiger partial charge in [0.2, 0.25) is 5.91 Å². The van der Waals surface area contributed by atoms with Crippen LogP contribution in [0.5, 0.6) is 0 Å². The molecule has 2 aromatic rings. The molecule has 0 spiro atoms. The molecule has 1 aromatic heterocycles. The van der Waals surface area contributed by atoms with Crippen LogP contribution in [0.3, 0.4) is 0 Å². The van der Waals surface area contributed by atoms with Crippen LogP contribution in [0.15, 0.2) is 46.3 Å². The fraction of sp³-hybridized carbons (Fsp3) is 0.312. The van der Waals surface area contributed by atoms with Crippen LogP contribution in [0.2, 0.25) is 0 Å². The van der Waals surface area contributed by atoms with Gasteiger partial charge in [-0.15, -0.1) is 11.3 Å². The molecule has 21 heavy (non-hydrogen) atoms. The van der Waals surface area contributed by atoms with Crippen molar-refractivity contribution >= 4 is 33.2 Å². The summed E-state index contributed by atoms with van der Waals surface area (Å²) in [6.07, 6.45) is 1.49. The van der Waals surface area contributed by atoms with E-state index in [0.717, 1.165) is 15.8 Å².